The molecule has 34 heavy (non-hydrogen) atoms. The standard InChI is InChI=1S/C22H24F2N4O3S2.ClH/c1-26(2)11-12-28(22-25-20-18(24)13-16(23)14-19(20)32-22)21(29)15-5-7-17(8-6-15)33(30,31)27-9-3-4-10-27;/h5-8,13-14H,3-4,9-12H2,1-2H3;1H. The molecular weight excluding hydrogens is 506 g/mol. The number of fused-ring (bicyclic) bond motifs is 1. The van der Waals surface area contributed by atoms with Crippen LogP contribution in [0.5, 0.6) is 0 Å². The number of carbonyl (C=O) groups is 1. The molecule has 1 aliphatic rings. The number of hydrogen-bond acceptors (Lipinski definition) is 6. The van der Waals surface area contributed by atoms with Gasteiger partial charge in [-0.2, -0.15) is 4.31 Å². The molecule has 7 nitrogen and oxygen atoms in total. The Labute approximate surface area is 207 Å². The predicted octanol–water partition coefficient (Wildman–Crippen LogP) is 3.99. The van der Waals surface area contributed by atoms with Gasteiger partial charge in [-0.3, -0.25) is 9.69 Å². The maximum Gasteiger partial charge on any atom is 0.260 e. The van der Waals surface area contributed by atoms with Gasteiger partial charge in [0.15, 0.2) is 10.9 Å². The lowest BCUT2D eigenvalue weighted by Gasteiger charge is -2.22. The molecule has 0 N–H and O–H groups in total. The minimum atomic E-state index is -3.59. The third kappa shape index (κ3) is 5.38. The second-order valence-electron chi connectivity index (χ2n) is 8.13. The second kappa shape index (κ2) is 10.6. The van der Waals surface area contributed by atoms with Crippen LogP contribution in [0.15, 0.2) is 41.3 Å². The van der Waals surface area contributed by atoms with Crippen LogP contribution in [-0.4, -0.2) is 68.8 Å². The number of thiazole rings is 1. The van der Waals surface area contributed by atoms with Crippen molar-refractivity contribution >= 4 is 55.0 Å². The fourth-order valence-corrected chi connectivity index (χ4v) is 6.19. The molecule has 3 aromatic rings. The van der Waals surface area contributed by atoms with Crippen molar-refractivity contribution < 1.29 is 22.0 Å². The van der Waals surface area contributed by atoms with Gasteiger partial charge in [-0.1, -0.05) is 11.3 Å². The molecule has 184 valence electrons. The summed E-state index contributed by atoms with van der Waals surface area (Å²) in [6, 6.07) is 7.75. The highest BCUT2D eigenvalue weighted by atomic mass is 35.5. The molecule has 0 atom stereocenters. The highest BCUT2D eigenvalue weighted by molar-refractivity contribution is 7.89. The summed E-state index contributed by atoms with van der Waals surface area (Å²) in [7, 11) is 0.124. The predicted molar refractivity (Wildman–Crippen MR) is 131 cm³/mol. The zero-order valence-electron chi connectivity index (χ0n) is 18.7. The van der Waals surface area contributed by atoms with Crippen molar-refractivity contribution in [1.82, 2.24) is 14.2 Å². The molecule has 0 bridgehead atoms. The van der Waals surface area contributed by atoms with E-state index in [1.165, 1.54) is 39.5 Å². The van der Waals surface area contributed by atoms with Crippen LogP contribution in [0.4, 0.5) is 13.9 Å². The number of carbonyl (C=O) groups excluding carboxylic acids is 1. The van der Waals surface area contributed by atoms with Gasteiger partial charge in [0.05, 0.1) is 9.60 Å². The van der Waals surface area contributed by atoms with Gasteiger partial charge in [-0.05, 0) is 57.3 Å². The van der Waals surface area contributed by atoms with E-state index in [1.807, 2.05) is 19.0 Å². The monoisotopic (exact) mass is 530 g/mol. The second-order valence-corrected chi connectivity index (χ2v) is 11.1. The molecule has 0 spiro atoms. The van der Waals surface area contributed by atoms with E-state index >= 15 is 0 Å². The average molecular weight is 531 g/mol. The van der Waals surface area contributed by atoms with Crippen molar-refractivity contribution in [3.8, 4) is 0 Å². The lowest BCUT2D eigenvalue weighted by Crippen LogP contribution is -2.36. The molecule has 2 aromatic carbocycles. The number of halogens is 3. The van der Waals surface area contributed by atoms with Crippen molar-refractivity contribution in [2.45, 2.75) is 17.7 Å². The first-order chi connectivity index (χ1) is 15.7. The lowest BCUT2D eigenvalue weighted by atomic mass is 10.2. The van der Waals surface area contributed by atoms with Gasteiger partial charge in [0, 0.05) is 37.8 Å². The molecule has 0 aliphatic carbocycles. The van der Waals surface area contributed by atoms with Crippen LogP contribution in [0.3, 0.4) is 0 Å². The summed E-state index contributed by atoms with van der Waals surface area (Å²) < 4.78 is 55.1. The van der Waals surface area contributed by atoms with E-state index in [2.05, 4.69) is 4.98 Å². The van der Waals surface area contributed by atoms with E-state index < -0.39 is 27.6 Å². The number of sulfonamides is 1. The van der Waals surface area contributed by atoms with Crippen LogP contribution in [0, 0.1) is 11.6 Å². The maximum atomic E-state index is 14.2. The average Bonchev–Trinajstić information content (AvgIpc) is 3.44. The van der Waals surface area contributed by atoms with Gasteiger partial charge in [0.25, 0.3) is 5.91 Å². The van der Waals surface area contributed by atoms with Crippen molar-refractivity contribution in [3.63, 3.8) is 0 Å². The Morgan fingerprint density at radius 1 is 1.09 bits per heavy atom. The Bertz CT molecular complexity index is 1280. The van der Waals surface area contributed by atoms with Crippen LogP contribution in [0.2, 0.25) is 0 Å². The largest absolute Gasteiger partial charge is 0.308 e. The summed E-state index contributed by atoms with van der Waals surface area (Å²) in [5.74, 6) is -1.90. The van der Waals surface area contributed by atoms with Gasteiger partial charge in [0.1, 0.15) is 11.3 Å². The van der Waals surface area contributed by atoms with E-state index in [0.29, 0.717) is 24.3 Å². The van der Waals surface area contributed by atoms with Crippen molar-refractivity contribution in [2.75, 3.05) is 45.2 Å². The van der Waals surface area contributed by atoms with E-state index in [4.69, 9.17) is 0 Å². The first-order valence-electron chi connectivity index (χ1n) is 10.5. The number of aromatic nitrogens is 1. The molecule has 4 rings (SSSR count). The molecule has 12 heteroatoms. The summed E-state index contributed by atoms with van der Waals surface area (Å²) in [6.45, 7) is 1.77. The SMILES string of the molecule is CN(C)CCN(C(=O)c1ccc(S(=O)(=O)N2CCCC2)cc1)c1nc2c(F)cc(F)cc2s1.Cl. The summed E-state index contributed by atoms with van der Waals surface area (Å²) in [5.41, 5.74) is 0.283. The van der Waals surface area contributed by atoms with Crippen LogP contribution >= 0.6 is 23.7 Å². The summed E-state index contributed by atoms with van der Waals surface area (Å²) in [6.07, 6.45) is 1.67. The normalized spacial score (nSPS) is 14.5. The van der Waals surface area contributed by atoms with Crippen molar-refractivity contribution in [1.29, 1.82) is 0 Å². The number of anilines is 1. The summed E-state index contributed by atoms with van der Waals surface area (Å²) in [5, 5.41) is 0.245. The Morgan fingerprint density at radius 2 is 1.74 bits per heavy atom. The smallest absolute Gasteiger partial charge is 0.260 e. The molecular formula is C22H25ClF2N4O3S2. The van der Waals surface area contributed by atoms with Crippen LogP contribution in [-0.2, 0) is 10.0 Å². The van der Waals surface area contributed by atoms with Crippen molar-refractivity contribution in [2.24, 2.45) is 0 Å². The molecule has 1 aliphatic heterocycles. The maximum absolute atomic E-state index is 14.2. The number of rotatable bonds is 7. The first kappa shape index (κ1) is 26.4. The molecule has 1 fully saturated rings. The number of hydrogen-bond donors (Lipinski definition) is 0. The Morgan fingerprint density at radius 3 is 2.35 bits per heavy atom. The van der Waals surface area contributed by atoms with Gasteiger partial charge < -0.3 is 4.90 Å². The number of nitrogens with zero attached hydrogens (tertiary/aromatic N) is 4. The van der Waals surface area contributed by atoms with E-state index in [1.54, 1.807) is 0 Å². The minimum absolute atomic E-state index is 0. The highest BCUT2D eigenvalue weighted by Crippen LogP contribution is 2.32. The quantitative estimate of drug-likeness (QED) is 0.462. The van der Waals surface area contributed by atoms with E-state index in [0.717, 1.165) is 30.2 Å². The van der Waals surface area contributed by atoms with Gasteiger partial charge in [-0.15, -0.1) is 12.4 Å². The van der Waals surface area contributed by atoms with Gasteiger partial charge in [0.2, 0.25) is 10.0 Å². The fourth-order valence-electron chi connectivity index (χ4n) is 3.65. The van der Waals surface area contributed by atoms with Crippen LogP contribution < -0.4 is 4.90 Å². The number of amides is 1. The lowest BCUT2D eigenvalue weighted by molar-refractivity contribution is 0.0985. The van der Waals surface area contributed by atoms with Gasteiger partial charge >= 0.3 is 0 Å². The van der Waals surface area contributed by atoms with Crippen molar-refractivity contribution in [3.05, 3.63) is 53.6 Å². The van der Waals surface area contributed by atoms with Gasteiger partial charge in [-0.25, -0.2) is 22.2 Å². The zero-order chi connectivity index (χ0) is 23.8. The van der Waals surface area contributed by atoms with E-state index in [9.17, 15) is 22.0 Å². The fraction of sp³-hybridized carbons (Fsp3) is 0.364. The first-order valence-corrected chi connectivity index (χ1v) is 12.7. The third-order valence-corrected chi connectivity index (χ3v) is 8.39. The summed E-state index contributed by atoms with van der Waals surface area (Å²) >= 11 is 1.03. The third-order valence-electron chi connectivity index (χ3n) is 5.45. The molecule has 0 radical (unpaired) electrons. The summed E-state index contributed by atoms with van der Waals surface area (Å²) in [4.78, 5) is 21.0. The minimum Gasteiger partial charge on any atom is -0.308 e. The molecule has 1 saturated heterocycles. The zero-order valence-corrected chi connectivity index (χ0v) is 21.2. The van der Waals surface area contributed by atoms with Crippen LogP contribution in [0.25, 0.3) is 10.2 Å². The number of benzene rings is 2. The van der Waals surface area contributed by atoms with E-state index in [-0.39, 0.29) is 40.1 Å². The Kier molecular flexibility index (Phi) is 8.25. The molecule has 1 amide bonds. The Hall–Kier alpha value is -2.18. The molecule has 2 heterocycles. The molecule has 1 aromatic heterocycles. The highest BCUT2D eigenvalue weighted by Gasteiger charge is 2.28. The topological polar surface area (TPSA) is 73.8 Å². The van der Waals surface area contributed by atoms with Crippen LogP contribution in [0.1, 0.15) is 23.2 Å². The molecule has 0 unspecified atom stereocenters. The molecule has 0 saturated carbocycles. The number of likely N-dealkylation sites (N-methyl/N-ethyl adjacent to an activating group) is 1. The Balaban J connectivity index is 0.00000324.